The number of hydrogen-bond acceptors (Lipinski definition) is 4. The van der Waals surface area contributed by atoms with Crippen LogP contribution in [0.5, 0.6) is 11.5 Å². The van der Waals surface area contributed by atoms with Crippen LogP contribution in [0.1, 0.15) is 11.1 Å². The van der Waals surface area contributed by atoms with Crippen LogP contribution in [0.4, 0.5) is 0 Å². The van der Waals surface area contributed by atoms with Crippen molar-refractivity contribution < 1.29 is 14.3 Å². The monoisotopic (exact) mass is 328 g/mol. The van der Waals surface area contributed by atoms with Crippen LogP contribution in [0.25, 0.3) is 0 Å². The average molecular weight is 328 g/mol. The molecule has 1 N–H and O–H groups in total. The summed E-state index contributed by atoms with van der Waals surface area (Å²) < 4.78 is 10.5. The van der Waals surface area contributed by atoms with Crippen LogP contribution >= 0.6 is 0 Å². The lowest BCUT2D eigenvalue weighted by molar-refractivity contribution is -0.122. The van der Waals surface area contributed by atoms with Crippen molar-refractivity contribution in [3.05, 3.63) is 59.7 Å². The summed E-state index contributed by atoms with van der Waals surface area (Å²) in [5.41, 5.74) is 2.15. The van der Waals surface area contributed by atoms with Crippen LogP contribution < -0.4 is 14.8 Å². The largest absolute Gasteiger partial charge is 0.493 e. The normalized spacial score (nSPS) is 10.5. The number of likely N-dealkylation sites (N-methyl/N-ethyl adjacent to an activating group) is 1. The molecule has 2 aromatic rings. The summed E-state index contributed by atoms with van der Waals surface area (Å²) in [6.07, 6.45) is 0. The van der Waals surface area contributed by atoms with Gasteiger partial charge in [-0.05, 0) is 30.3 Å². The lowest BCUT2D eigenvalue weighted by atomic mass is 10.2. The van der Waals surface area contributed by atoms with Crippen LogP contribution in [0.15, 0.2) is 48.5 Å². The molecule has 2 rings (SSSR count). The summed E-state index contributed by atoms with van der Waals surface area (Å²) in [7, 11) is 5.13. The van der Waals surface area contributed by atoms with Gasteiger partial charge in [-0.25, -0.2) is 0 Å². The summed E-state index contributed by atoms with van der Waals surface area (Å²) in [5.74, 6) is 1.32. The third-order valence-electron chi connectivity index (χ3n) is 3.65. The van der Waals surface area contributed by atoms with Gasteiger partial charge in [0.15, 0.2) is 11.5 Å². The van der Waals surface area contributed by atoms with Crippen molar-refractivity contribution in [2.45, 2.75) is 13.1 Å². The van der Waals surface area contributed by atoms with Crippen LogP contribution in [-0.2, 0) is 17.9 Å². The molecule has 2 aromatic carbocycles. The van der Waals surface area contributed by atoms with Crippen LogP contribution in [0, 0.1) is 0 Å². The van der Waals surface area contributed by atoms with E-state index in [-0.39, 0.29) is 5.91 Å². The molecule has 0 fully saturated rings. The minimum absolute atomic E-state index is 0.0109. The summed E-state index contributed by atoms with van der Waals surface area (Å²) in [6.45, 7) is 1.55. The van der Waals surface area contributed by atoms with Gasteiger partial charge in [0, 0.05) is 13.1 Å². The van der Waals surface area contributed by atoms with Crippen LogP contribution in [0.3, 0.4) is 0 Å². The number of amides is 1. The zero-order chi connectivity index (χ0) is 17.4. The molecule has 0 aliphatic heterocycles. The van der Waals surface area contributed by atoms with Crippen molar-refractivity contribution in [3.63, 3.8) is 0 Å². The maximum atomic E-state index is 12.1. The van der Waals surface area contributed by atoms with E-state index in [0.29, 0.717) is 24.6 Å². The molecular formula is C19H24N2O3. The third kappa shape index (κ3) is 5.28. The predicted octanol–water partition coefficient (Wildman–Crippen LogP) is 2.45. The van der Waals surface area contributed by atoms with E-state index < -0.39 is 0 Å². The predicted molar refractivity (Wildman–Crippen MR) is 94.2 cm³/mol. The summed E-state index contributed by atoms with van der Waals surface area (Å²) in [5, 5.41) is 2.93. The molecule has 5 nitrogen and oxygen atoms in total. The van der Waals surface area contributed by atoms with E-state index in [1.165, 1.54) is 5.56 Å². The number of hydrogen-bond donors (Lipinski definition) is 1. The molecule has 5 heteroatoms. The third-order valence-corrected chi connectivity index (χ3v) is 3.65. The summed E-state index contributed by atoms with van der Waals surface area (Å²) >= 11 is 0. The number of carbonyl (C=O) groups excluding carboxylic acids is 1. The average Bonchev–Trinajstić information content (AvgIpc) is 2.60. The van der Waals surface area contributed by atoms with Gasteiger partial charge in [-0.15, -0.1) is 0 Å². The number of rotatable bonds is 8. The van der Waals surface area contributed by atoms with E-state index >= 15 is 0 Å². The minimum Gasteiger partial charge on any atom is -0.493 e. The molecule has 0 aliphatic rings. The molecule has 0 radical (unpaired) electrons. The topological polar surface area (TPSA) is 50.8 Å². The Morgan fingerprint density at radius 2 is 1.71 bits per heavy atom. The minimum atomic E-state index is -0.0109. The standard InChI is InChI=1S/C19H24N2O3/c1-21(13-15-7-5-4-6-8-15)14-19(22)20-12-16-9-10-17(23-2)18(11-16)24-3/h4-11H,12-14H2,1-3H3,(H,20,22). The Bertz CT molecular complexity index is 659. The molecular weight excluding hydrogens is 304 g/mol. The molecule has 24 heavy (non-hydrogen) atoms. The summed E-state index contributed by atoms with van der Waals surface area (Å²) in [6, 6.07) is 15.7. The van der Waals surface area contributed by atoms with Gasteiger partial charge >= 0.3 is 0 Å². The SMILES string of the molecule is COc1ccc(CNC(=O)CN(C)Cc2ccccc2)cc1OC. The van der Waals surface area contributed by atoms with E-state index in [0.717, 1.165) is 12.1 Å². The molecule has 128 valence electrons. The second-order valence-corrected chi connectivity index (χ2v) is 5.62. The highest BCUT2D eigenvalue weighted by atomic mass is 16.5. The fraction of sp³-hybridized carbons (Fsp3) is 0.316. The van der Waals surface area contributed by atoms with Gasteiger partial charge in [-0.2, -0.15) is 0 Å². The lowest BCUT2D eigenvalue weighted by Gasteiger charge is -2.16. The van der Waals surface area contributed by atoms with E-state index in [1.54, 1.807) is 14.2 Å². The fourth-order valence-corrected chi connectivity index (χ4v) is 2.44. The van der Waals surface area contributed by atoms with Gasteiger partial charge in [0.1, 0.15) is 0 Å². The molecule has 1 amide bonds. The first-order chi connectivity index (χ1) is 11.6. The molecule has 0 saturated heterocycles. The molecule has 0 aromatic heterocycles. The Hall–Kier alpha value is -2.53. The van der Waals surface area contributed by atoms with Gasteiger partial charge in [0.25, 0.3) is 0 Å². The Kier molecular flexibility index (Phi) is 6.63. The summed E-state index contributed by atoms with van der Waals surface area (Å²) in [4.78, 5) is 14.1. The van der Waals surface area contributed by atoms with Crippen molar-refractivity contribution in [1.82, 2.24) is 10.2 Å². The quantitative estimate of drug-likeness (QED) is 0.809. The number of carbonyl (C=O) groups is 1. The number of nitrogens with one attached hydrogen (secondary N) is 1. The zero-order valence-corrected chi connectivity index (χ0v) is 14.4. The number of ether oxygens (including phenoxy) is 2. The van der Waals surface area contributed by atoms with Gasteiger partial charge in [0.2, 0.25) is 5.91 Å². The first-order valence-corrected chi connectivity index (χ1v) is 7.82. The van der Waals surface area contributed by atoms with Crippen molar-refractivity contribution >= 4 is 5.91 Å². The van der Waals surface area contributed by atoms with Gasteiger partial charge in [-0.1, -0.05) is 36.4 Å². The number of benzene rings is 2. The van der Waals surface area contributed by atoms with E-state index in [1.807, 2.05) is 48.3 Å². The molecule has 0 bridgehead atoms. The van der Waals surface area contributed by atoms with E-state index in [9.17, 15) is 4.79 Å². The van der Waals surface area contributed by atoms with Crippen LogP contribution in [-0.4, -0.2) is 38.6 Å². The first-order valence-electron chi connectivity index (χ1n) is 7.82. The van der Waals surface area contributed by atoms with E-state index in [2.05, 4.69) is 17.4 Å². The highest BCUT2D eigenvalue weighted by Gasteiger charge is 2.08. The maximum absolute atomic E-state index is 12.1. The van der Waals surface area contributed by atoms with Crippen LogP contribution in [0.2, 0.25) is 0 Å². The number of nitrogens with zero attached hydrogens (tertiary/aromatic N) is 1. The highest BCUT2D eigenvalue weighted by molar-refractivity contribution is 5.78. The first kappa shape index (κ1) is 17.8. The number of methoxy groups -OCH3 is 2. The van der Waals surface area contributed by atoms with Crippen molar-refractivity contribution in [2.75, 3.05) is 27.8 Å². The Morgan fingerprint density at radius 3 is 2.38 bits per heavy atom. The second-order valence-electron chi connectivity index (χ2n) is 5.62. The Labute approximate surface area is 143 Å². The Morgan fingerprint density at radius 1 is 1.00 bits per heavy atom. The van der Waals surface area contributed by atoms with Crippen molar-refractivity contribution in [2.24, 2.45) is 0 Å². The van der Waals surface area contributed by atoms with Gasteiger partial charge in [-0.3, -0.25) is 9.69 Å². The van der Waals surface area contributed by atoms with Crippen molar-refractivity contribution in [1.29, 1.82) is 0 Å². The van der Waals surface area contributed by atoms with Gasteiger partial charge in [0.05, 0.1) is 20.8 Å². The maximum Gasteiger partial charge on any atom is 0.234 e. The lowest BCUT2D eigenvalue weighted by Crippen LogP contribution is -2.34. The second kappa shape index (κ2) is 8.93. The molecule has 0 saturated carbocycles. The fourth-order valence-electron chi connectivity index (χ4n) is 2.44. The highest BCUT2D eigenvalue weighted by Crippen LogP contribution is 2.27. The molecule has 0 spiro atoms. The smallest absolute Gasteiger partial charge is 0.234 e. The zero-order valence-electron chi connectivity index (χ0n) is 14.4. The molecule has 0 unspecified atom stereocenters. The molecule has 0 aliphatic carbocycles. The Balaban J connectivity index is 1.82. The molecule has 0 atom stereocenters. The van der Waals surface area contributed by atoms with E-state index in [4.69, 9.17) is 9.47 Å². The molecule has 0 heterocycles. The van der Waals surface area contributed by atoms with Crippen molar-refractivity contribution in [3.8, 4) is 11.5 Å². The van der Waals surface area contributed by atoms with Gasteiger partial charge < -0.3 is 14.8 Å².